The molecule has 3 aromatic rings. The summed E-state index contributed by atoms with van der Waals surface area (Å²) in [4.78, 5) is 68.6. The van der Waals surface area contributed by atoms with Crippen molar-refractivity contribution in [2.75, 3.05) is 13.2 Å². The Kier molecular flexibility index (Phi) is 13.9. The van der Waals surface area contributed by atoms with Crippen molar-refractivity contribution in [3.05, 3.63) is 108 Å². The van der Waals surface area contributed by atoms with Crippen LogP contribution in [-0.4, -0.2) is 74.9 Å². The van der Waals surface area contributed by atoms with Gasteiger partial charge in [0.2, 0.25) is 0 Å². The molecular weight excluding hydrogens is 664 g/mol. The van der Waals surface area contributed by atoms with Gasteiger partial charge in [0.05, 0.1) is 19.6 Å². The van der Waals surface area contributed by atoms with E-state index in [1.165, 1.54) is 0 Å². The molecule has 0 bridgehead atoms. The summed E-state index contributed by atoms with van der Waals surface area (Å²) < 4.78 is 16.5. The summed E-state index contributed by atoms with van der Waals surface area (Å²) in [5.41, 5.74) is 13.2. The Hall–Kier alpha value is -5.19. The van der Waals surface area contributed by atoms with Gasteiger partial charge in [0, 0.05) is 0 Å². The van der Waals surface area contributed by atoms with Crippen molar-refractivity contribution in [1.29, 1.82) is 0 Å². The van der Waals surface area contributed by atoms with Gasteiger partial charge >= 0.3 is 29.8 Å². The fourth-order valence-corrected chi connectivity index (χ4v) is 5.96. The molecule has 0 aromatic heterocycles. The number of ether oxygens (including phenoxy) is 3. The Morgan fingerprint density at radius 1 is 0.588 bits per heavy atom. The van der Waals surface area contributed by atoms with Gasteiger partial charge < -0.3 is 52.5 Å². The van der Waals surface area contributed by atoms with Gasteiger partial charge in [-0.15, -0.1) is 0 Å². The Bertz CT molecular complexity index is 1650. The lowest BCUT2D eigenvalue weighted by atomic mass is 9.50. The molecule has 51 heavy (non-hydrogen) atoms. The quantitative estimate of drug-likeness (QED) is 0.0610. The van der Waals surface area contributed by atoms with E-state index < -0.39 is 84.5 Å². The predicted octanol–water partition coefficient (Wildman–Crippen LogP) is 1.54. The average Bonchev–Trinajstić information content (AvgIpc) is 3.12. The summed E-state index contributed by atoms with van der Waals surface area (Å²) in [5.74, 6) is -9.48. The number of carboxylic acid groups (broad SMARTS) is 3. The number of nitrogens with two attached hydrogens (primary N) is 4. The number of hydrogen-bond acceptors (Lipinski definition) is 12. The van der Waals surface area contributed by atoms with Crippen molar-refractivity contribution < 1.29 is 53.5 Å². The molecule has 3 aromatic carbocycles. The third-order valence-electron chi connectivity index (χ3n) is 8.92. The van der Waals surface area contributed by atoms with Crippen molar-refractivity contribution in [2.24, 2.45) is 28.3 Å². The molecule has 0 radical (unpaired) electrons. The van der Waals surface area contributed by atoms with Crippen LogP contribution in [0.15, 0.2) is 91.0 Å². The molecule has 0 fully saturated rings. The third kappa shape index (κ3) is 8.58. The molecular formula is C36H44N4O11. The van der Waals surface area contributed by atoms with E-state index in [4.69, 9.17) is 37.1 Å². The Balaban J connectivity index is 2.31. The van der Waals surface area contributed by atoms with Gasteiger partial charge in [0.15, 0.2) is 11.1 Å². The van der Waals surface area contributed by atoms with E-state index in [2.05, 4.69) is 0 Å². The van der Waals surface area contributed by atoms with Crippen LogP contribution in [0.25, 0.3) is 0 Å². The summed E-state index contributed by atoms with van der Waals surface area (Å²) >= 11 is 0. The molecule has 274 valence electrons. The van der Waals surface area contributed by atoms with Crippen molar-refractivity contribution >= 4 is 29.8 Å². The third-order valence-corrected chi connectivity index (χ3v) is 8.92. The van der Waals surface area contributed by atoms with E-state index in [-0.39, 0.29) is 26.0 Å². The van der Waals surface area contributed by atoms with Crippen molar-refractivity contribution in [3.63, 3.8) is 0 Å². The van der Waals surface area contributed by atoms with Gasteiger partial charge in [-0.25, -0.2) is 4.79 Å². The first-order valence-corrected chi connectivity index (χ1v) is 16.0. The summed E-state index contributed by atoms with van der Waals surface area (Å²) in [6, 6.07) is 24.5. The zero-order valence-electron chi connectivity index (χ0n) is 27.9. The zero-order valence-corrected chi connectivity index (χ0v) is 27.9. The maximum atomic E-state index is 14.5. The Morgan fingerprint density at radius 2 is 1.04 bits per heavy atom. The monoisotopic (exact) mass is 708 g/mol. The van der Waals surface area contributed by atoms with Gasteiger partial charge in [-0.1, -0.05) is 91.0 Å². The Morgan fingerprint density at radius 3 is 1.47 bits per heavy atom. The predicted molar refractivity (Wildman–Crippen MR) is 182 cm³/mol. The summed E-state index contributed by atoms with van der Waals surface area (Å²) in [6.07, 6.45) is -2.29. The zero-order chi connectivity index (χ0) is 37.7. The number of aliphatic carboxylic acids is 3. The molecule has 0 aliphatic rings. The first-order chi connectivity index (χ1) is 24.2. The van der Waals surface area contributed by atoms with Crippen LogP contribution in [0.1, 0.15) is 42.4 Å². The molecule has 11 N–H and O–H groups in total. The van der Waals surface area contributed by atoms with Crippen LogP contribution in [0.5, 0.6) is 0 Å². The molecule has 0 spiro atoms. The molecule has 0 saturated carbocycles. The van der Waals surface area contributed by atoms with Crippen molar-refractivity contribution in [3.8, 4) is 0 Å². The summed E-state index contributed by atoms with van der Waals surface area (Å²) in [7, 11) is 0. The number of carboxylic acids is 3. The van der Waals surface area contributed by atoms with Gasteiger partial charge in [0.1, 0.15) is 24.2 Å². The highest BCUT2D eigenvalue weighted by molar-refractivity contribution is 6.04. The van der Waals surface area contributed by atoms with Crippen LogP contribution in [0.3, 0.4) is 0 Å². The number of benzene rings is 3. The van der Waals surface area contributed by atoms with Crippen LogP contribution in [0, 0.1) is 5.41 Å². The molecule has 15 heteroatoms. The highest BCUT2D eigenvalue weighted by Crippen LogP contribution is 2.51. The normalized spacial score (nSPS) is 15.9. The molecule has 0 saturated heterocycles. The number of rotatable bonds is 21. The molecule has 0 aliphatic carbocycles. The van der Waals surface area contributed by atoms with E-state index in [0.717, 1.165) is 0 Å². The SMILES string of the molecule is NCCCC[C@](N)(C(=O)O)C(CC(=O)OCc1ccccc1)(C(=O)O)[C@](N)(C(=O)OCc1ccccc1)[C@@](N)(COCc1ccccc1)C(=O)O. The number of carbonyl (C=O) groups is 5. The molecule has 0 amide bonds. The molecule has 0 aliphatic heterocycles. The Labute approximate surface area is 294 Å². The number of hydrogen-bond donors (Lipinski definition) is 7. The maximum Gasteiger partial charge on any atom is 0.330 e. The second-order valence-corrected chi connectivity index (χ2v) is 12.2. The molecule has 4 atom stereocenters. The van der Waals surface area contributed by atoms with Crippen LogP contribution >= 0.6 is 0 Å². The smallest absolute Gasteiger partial charge is 0.330 e. The number of esters is 2. The van der Waals surface area contributed by atoms with Crippen LogP contribution < -0.4 is 22.9 Å². The highest BCUT2D eigenvalue weighted by atomic mass is 16.5. The standard InChI is InChI=1S/C36H44N4O11/c37-19-11-10-18-34(38,30(44)45)33(29(42)43,20-28(41)50-22-26-14-6-2-7-15-26)36(40,32(48)51-23-27-16-8-3-9-17-27)35(39,31(46)47)24-49-21-25-12-4-1-5-13-25/h1-9,12-17H,10-11,18-24,37-40H2,(H,42,43)(H,44,45)(H,46,47)/t33?,34-,35+,36+/m0/s1. The summed E-state index contributed by atoms with van der Waals surface area (Å²) in [5, 5.41) is 32.6. The van der Waals surface area contributed by atoms with E-state index in [1.54, 1.807) is 91.0 Å². The lowest BCUT2D eigenvalue weighted by Gasteiger charge is -2.55. The van der Waals surface area contributed by atoms with Gasteiger partial charge in [-0.2, -0.15) is 0 Å². The van der Waals surface area contributed by atoms with Gasteiger partial charge in [0.25, 0.3) is 0 Å². The minimum absolute atomic E-state index is 0.0328. The van der Waals surface area contributed by atoms with Crippen LogP contribution in [0.4, 0.5) is 0 Å². The molecule has 15 nitrogen and oxygen atoms in total. The second kappa shape index (κ2) is 17.6. The van der Waals surface area contributed by atoms with E-state index in [1.807, 2.05) is 0 Å². The highest BCUT2D eigenvalue weighted by Gasteiger charge is 2.79. The van der Waals surface area contributed by atoms with Crippen LogP contribution in [0.2, 0.25) is 0 Å². The second-order valence-electron chi connectivity index (χ2n) is 12.2. The topological polar surface area (TPSA) is 278 Å². The van der Waals surface area contributed by atoms with E-state index in [9.17, 15) is 39.3 Å². The van der Waals surface area contributed by atoms with E-state index in [0.29, 0.717) is 16.7 Å². The number of unbranched alkanes of at least 4 members (excludes halogenated alkanes) is 1. The lowest BCUT2D eigenvalue weighted by molar-refractivity contribution is -0.198. The largest absolute Gasteiger partial charge is 0.481 e. The van der Waals surface area contributed by atoms with E-state index >= 15 is 0 Å². The fraction of sp³-hybridized carbons (Fsp3) is 0.361. The molecule has 1 unspecified atom stereocenters. The van der Waals surface area contributed by atoms with Crippen molar-refractivity contribution in [1.82, 2.24) is 0 Å². The lowest BCUT2D eigenvalue weighted by Crippen LogP contribution is -2.88. The fourth-order valence-electron chi connectivity index (χ4n) is 5.96. The van der Waals surface area contributed by atoms with Gasteiger partial charge in [-0.3, -0.25) is 19.2 Å². The minimum atomic E-state index is -3.65. The first kappa shape index (κ1) is 40.2. The minimum Gasteiger partial charge on any atom is -0.481 e. The maximum absolute atomic E-state index is 14.5. The van der Waals surface area contributed by atoms with Crippen molar-refractivity contribution in [2.45, 2.75) is 62.1 Å². The number of carbonyl (C=O) groups excluding carboxylic acids is 2. The molecule has 0 heterocycles. The average molecular weight is 709 g/mol. The first-order valence-electron chi connectivity index (χ1n) is 16.0. The summed E-state index contributed by atoms with van der Waals surface area (Å²) in [6.45, 7) is -2.41. The molecule has 3 rings (SSSR count). The van der Waals surface area contributed by atoms with Gasteiger partial charge in [-0.05, 0) is 42.5 Å². The van der Waals surface area contributed by atoms with Crippen LogP contribution in [-0.2, 0) is 58.0 Å².